The van der Waals surface area contributed by atoms with Gasteiger partial charge in [-0.15, -0.1) is 11.3 Å². The number of carbonyl (C=O) groups is 1. The maximum Gasteiger partial charge on any atom is 0.273 e. The second kappa shape index (κ2) is 11.1. The van der Waals surface area contributed by atoms with E-state index in [1.54, 1.807) is 45.2 Å². The normalized spacial score (nSPS) is 11.8. The van der Waals surface area contributed by atoms with Gasteiger partial charge in [0, 0.05) is 31.1 Å². The summed E-state index contributed by atoms with van der Waals surface area (Å²) >= 11 is 1.12. The summed E-state index contributed by atoms with van der Waals surface area (Å²) in [5.74, 6) is 0.516. The Morgan fingerprint density at radius 1 is 1.08 bits per heavy atom. The third-order valence-electron chi connectivity index (χ3n) is 6.08. The summed E-state index contributed by atoms with van der Waals surface area (Å²) in [5, 5.41) is 1.11. The minimum Gasteiger partial charge on any atom is -0.300 e. The molecule has 1 aromatic carbocycles. The number of nitrogens with zero attached hydrogens (tertiary/aromatic N) is 4. The zero-order valence-corrected chi connectivity index (χ0v) is 23.7. The molecule has 0 saturated carbocycles. The van der Waals surface area contributed by atoms with Crippen molar-refractivity contribution in [1.29, 1.82) is 0 Å². The Bertz CT molecular complexity index is 1670. The highest BCUT2D eigenvalue weighted by molar-refractivity contribution is 7.94. The molecule has 11 heteroatoms. The van der Waals surface area contributed by atoms with Crippen molar-refractivity contribution >= 4 is 43.7 Å². The molecule has 3 heterocycles. The lowest BCUT2D eigenvalue weighted by Gasteiger charge is -2.12. The van der Waals surface area contributed by atoms with E-state index < -0.39 is 10.0 Å². The molecule has 4 rings (SSSR count). The molecule has 1 N–H and O–H groups in total. The van der Waals surface area contributed by atoms with Crippen molar-refractivity contribution in [3.63, 3.8) is 0 Å². The van der Waals surface area contributed by atoms with Crippen LogP contribution in [0.1, 0.15) is 49.5 Å². The quantitative estimate of drug-likeness (QED) is 0.292. The summed E-state index contributed by atoms with van der Waals surface area (Å²) in [4.78, 5) is 38.2. The number of nitrogens with one attached hydrogen (secondary N) is 1. The lowest BCUT2D eigenvalue weighted by atomic mass is 10.0. The van der Waals surface area contributed by atoms with Crippen LogP contribution in [0.2, 0.25) is 0 Å². The zero-order chi connectivity index (χ0) is 27.6. The van der Waals surface area contributed by atoms with Crippen molar-refractivity contribution in [2.45, 2.75) is 64.6 Å². The van der Waals surface area contributed by atoms with Crippen molar-refractivity contribution in [2.24, 2.45) is 5.92 Å². The maximum atomic E-state index is 13.2. The number of aromatic nitrogens is 4. The fourth-order valence-corrected chi connectivity index (χ4v) is 6.84. The van der Waals surface area contributed by atoms with Crippen molar-refractivity contribution < 1.29 is 13.2 Å². The number of hydrogen-bond donors (Lipinski definition) is 1. The van der Waals surface area contributed by atoms with E-state index in [1.807, 2.05) is 19.9 Å². The number of hydrogen-bond acceptors (Lipinski definition) is 8. The van der Waals surface area contributed by atoms with Crippen molar-refractivity contribution in [2.75, 3.05) is 4.72 Å². The fraction of sp³-hybridized carbons (Fsp3) is 0.370. The number of rotatable bonds is 10. The van der Waals surface area contributed by atoms with E-state index in [1.165, 1.54) is 10.9 Å². The van der Waals surface area contributed by atoms with E-state index in [-0.39, 0.29) is 15.6 Å². The van der Waals surface area contributed by atoms with E-state index in [0.717, 1.165) is 11.3 Å². The molecule has 200 valence electrons. The smallest absolute Gasteiger partial charge is 0.273 e. The molecule has 0 aliphatic carbocycles. The molecule has 0 bridgehead atoms. The van der Waals surface area contributed by atoms with Crippen LogP contribution in [0, 0.1) is 26.7 Å². The lowest BCUT2D eigenvalue weighted by molar-refractivity contribution is -0.119. The fourth-order valence-electron chi connectivity index (χ4n) is 4.25. The van der Waals surface area contributed by atoms with Gasteiger partial charge in [0.1, 0.15) is 5.78 Å². The molecule has 0 fully saturated rings. The first kappa shape index (κ1) is 27.6. The van der Waals surface area contributed by atoms with Gasteiger partial charge in [-0.2, -0.15) is 0 Å². The van der Waals surface area contributed by atoms with Crippen molar-refractivity contribution in [3.8, 4) is 11.1 Å². The molecule has 0 aliphatic rings. The van der Waals surface area contributed by atoms with E-state index in [0.29, 0.717) is 75.8 Å². The van der Waals surface area contributed by atoms with Crippen LogP contribution in [-0.4, -0.2) is 33.7 Å². The van der Waals surface area contributed by atoms with Crippen LogP contribution in [0.3, 0.4) is 0 Å². The van der Waals surface area contributed by atoms with Crippen LogP contribution in [0.4, 0.5) is 5.69 Å². The Labute approximate surface area is 226 Å². The lowest BCUT2D eigenvalue weighted by Crippen LogP contribution is -2.21. The number of pyridine rings is 1. The molecule has 0 aliphatic heterocycles. The van der Waals surface area contributed by atoms with E-state index in [4.69, 9.17) is 0 Å². The van der Waals surface area contributed by atoms with Gasteiger partial charge in [-0.05, 0) is 56.9 Å². The van der Waals surface area contributed by atoms with Gasteiger partial charge in [0.2, 0.25) is 0 Å². The molecule has 9 nitrogen and oxygen atoms in total. The topological polar surface area (TPSA) is 124 Å². The number of thiazole rings is 1. The number of fused-ring (bicyclic) bond motifs is 1. The van der Waals surface area contributed by atoms with E-state index >= 15 is 0 Å². The molecule has 4 aromatic rings. The van der Waals surface area contributed by atoms with Gasteiger partial charge in [0.25, 0.3) is 15.6 Å². The minimum atomic E-state index is -3.83. The third kappa shape index (κ3) is 6.16. The van der Waals surface area contributed by atoms with Gasteiger partial charge in [-0.25, -0.2) is 18.4 Å². The zero-order valence-electron chi connectivity index (χ0n) is 22.1. The van der Waals surface area contributed by atoms with Gasteiger partial charge in [-0.3, -0.25) is 23.9 Å². The first-order valence-corrected chi connectivity index (χ1v) is 14.7. The highest BCUT2D eigenvalue weighted by Crippen LogP contribution is 2.29. The van der Waals surface area contributed by atoms with E-state index in [2.05, 4.69) is 19.7 Å². The number of sulfonamides is 1. The molecule has 0 amide bonds. The highest BCUT2D eigenvalue weighted by Gasteiger charge is 2.22. The maximum absolute atomic E-state index is 13.2. The average molecular weight is 554 g/mol. The van der Waals surface area contributed by atoms with Crippen molar-refractivity contribution in [3.05, 3.63) is 63.5 Å². The second-order valence-electron chi connectivity index (χ2n) is 9.78. The molecule has 0 spiro atoms. The Kier molecular flexibility index (Phi) is 8.08. The van der Waals surface area contributed by atoms with E-state index in [9.17, 15) is 18.0 Å². The van der Waals surface area contributed by atoms with Gasteiger partial charge in [0.15, 0.2) is 4.21 Å². The number of anilines is 1. The average Bonchev–Trinajstić information content (AvgIpc) is 3.20. The Morgan fingerprint density at radius 3 is 2.53 bits per heavy atom. The van der Waals surface area contributed by atoms with Crippen LogP contribution in [0.15, 0.2) is 45.8 Å². The highest BCUT2D eigenvalue weighted by atomic mass is 32.2. The van der Waals surface area contributed by atoms with Crippen LogP contribution < -0.4 is 10.3 Å². The van der Waals surface area contributed by atoms with Gasteiger partial charge in [-0.1, -0.05) is 19.9 Å². The number of benzene rings is 1. The first-order chi connectivity index (χ1) is 17.9. The monoisotopic (exact) mass is 553 g/mol. The van der Waals surface area contributed by atoms with Crippen LogP contribution in [0.5, 0.6) is 0 Å². The first-order valence-electron chi connectivity index (χ1n) is 12.4. The predicted molar refractivity (Wildman–Crippen MR) is 150 cm³/mol. The Hall–Kier alpha value is -3.44. The Balaban J connectivity index is 1.61. The molecule has 0 atom stereocenters. The molecular formula is C27H31N5O4S2. The number of carbonyl (C=O) groups excluding carboxylic acids is 1. The standard InChI is InChI=1S/C27H31N5O4S2/c1-16(2)11-22(33)7-6-10-32-15-29-24-9-8-20(12-23(24)26(32)34)21-13-25(17(3)28-14-21)31-38(35,36)27-18(4)30-19(5)37-27/h8-9,12-16,31H,6-7,10-11H2,1-5H3. The predicted octanol–water partition coefficient (Wildman–Crippen LogP) is 5.04. The summed E-state index contributed by atoms with van der Waals surface area (Å²) in [7, 11) is -3.83. The van der Waals surface area contributed by atoms with Crippen LogP contribution in [0.25, 0.3) is 22.0 Å². The molecule has 0 unspecified atom stereocenters. The molecule has 38 heavy (non-hydrogen) atoms. The molecule has 0 saturated heterocycles. The molecule has 3 aromatic heterocycles. The summed E-state index contributed by atoms with van der Waals surface area (Å²) < 4.78 is 30.4. The largest absolute Gasteiger partial charge is 0.300 e. The number of Topliss-reactive ketones (excluding diaryl/α,β-unsaturated/α-hetero) is 1. The van der Waals surface area contributed by atoms with Crippen molar-refractivity contribution in [1.82, 2.24) is 19.5 Å². The number of ketones is 1. The minimum absolute atomic E-state index is 0.169. The van der Waals surface area contributed by atoms with Crippen LogP contribution in [-0.2, 0) is 21.4 Å². The molecule has 0 radical (unpaired) electrons. The van der Waals surface area contributed by atoms with Gasteiger partial charge >= 0.3 is 0 Å². The van der Waals surface area contributed by atoms with Gasteiger partial charge in [0.05, 0.1) is 39.3 Å². The second-order valence-corrected chi connectivity index (χ2v) is 12.9. The SMILES string of the molecule is Cc1nc(C)c(S(=O)(=O)Nc2cc(-c3ccc4ncn(CCCC(=O)CC(C)C)c(=O)c4c3)cnc2C)s1. The Morgan fingerprint density at radius 2 is 1.84 bits per heavy atom. The summed E-state index contributed by atoms with van der Waals surface area (Å²) in [6.07, 6.45) is 4.70. The van der Waals surface area contributed by atoms with Crippen LogP contribution >= 0.6 is 11.3 Å². The third-order valence-corrected chi connectivity index (χ3v) is 9.13. The summed E-state index contributed by atoms with van der Waals surface area (Å²) in [6.45, 7) is 9.58. The van der Waals surface area contributed by atoms with Gasteiger partial charge < -0.3 is 0 Å². The summed E-state index contributed by atoms with van der Waals surface area (Å²) in [6, 6.07) is 7.03. The number of aryl methyl sites for hydroxylation is 4. The summed E-state index contributed by atoms with van der Waals surface area (Å²) in [5.41, 5.74) is 3.05. The molecular weight excluding hydrogens is 522 g/mol.